The van der Waals surface area contributed by atoms with E-state index in [9.17, 15) is 27.9 Å². The van der Waals surface area contributed by atoms with Crippen LogP contribution >= 0.6 is 0 Å². The van der Waals surface area contributed by atoms with Crippen LogP contribution in [0.25, 0.3) is 16.8 Å². The second kappa shape index (κ2) is 12.1. The fourth-order valence-electron chi connectivity index (χ4n) is 4.04. The van der Waals surface area contributed by atoms with E-state index in [1.165, 1.54) is 12.1 Å². The highest BCUT2D eigenvalue weighted by Crippen LogP contribution is 2.23. The lowest BCUT2D eigenvalue weighted by Crippen LogP contribution is -2.40. The number of aliphatic hydroxyl groups is 1. The van der Waals surface area contributed by atoms with Crippen LogP contribution in [0.2, 0.25) is 0 Å². The van der Waals surface area contributed by atoms with Crippen LogP contribution in [0.4, 0.5) is 19.1 Å². The van der Waals surface area contributed by atoms with Crippen LogP contribution in [0.5, 0.6) is 0 Å². The van der Waals surface area contributed by atoms with Crippen LogP contribution in [0.15, 0.2) is 66.4 Å². The zero-order valence-corrected chi connectivity index (χ0v) is 22.7. The molecule has 1 aliphatic rings. The number of fused-ring (bicyclic) bond motifs is 1. The fourth-order valence-corrected chi connectivity index (χ4v) is 4.04. The first kappa shape index (κ1) is 29.7. The molecule has 0 radical (unpaired) electrons. The monoisotopic (exact) mass is 572 g/mol. The summed E-state index contributed by atoms with van der Waals surface area (Å²) in [6.45, 7) is 4.18. The molecule has 13 heteroatoms. The van der Waals surface area contributed by atoms with Crippen LogP contribution < -0.4 is 16.0 Å². The van der Waals surface area contributed by atoms with Gasteiger partial charge in [0, 0.05) is 36.0 Å². The topological polar surface area (TPSA) is 130 Å². The molecule has 4 rings (SSSR count). The van der Waals surface area contributed by atoms with Crippen molar-refractivity contribution in [3.05, 3.63) is 72.0 Å². The first-order valence-electron chi connectivity index (χ1n) is 12.9. The Morgan fingerprint density at radius 1 is 1.02 bits per heavy atom. The second-order valence-corrected chi connectivity index (χ2v) is 10.1. The van der Waals surface area contributed by atoms with Crippen molar-refractivity contribution >= 4 is 23.4 Å². The molecule has 3 aromatic rings. The minimum absolute atomic E-state index is 0.104. The summed E-state index contributed by atoms with van der Waals surface area (Å²) in [5, 5.41) is 22.1. The summed E-state index contributed by atoms with van der Waals surface area (Å²) in [5.74, 6) is -0.795. The average Bonchev–Trinajstić information content (AvgIpc) is 3.32. The number of hydrogen-bond donors (Lipinski definition) is 4. The lowest BCUT2D eigenvalue weighted by Gasteiger charge is -2.26. The number of anilines is 1. The zero-order chi connectivity index (χ0) is 29.8. The molecule has 0 bridgehead atoms. The van der Waals surface area contributed by atoms with Crippen molar-refractivity contribution in [1.82, 2.24) is 25.2 Å². The molecule has 1 aromatic carbocycles. The third-order valence-corrected chi connectivity index (χ3v) is 6.04. The number of pyridine rings is 1. The van der Waals surface area contributed by atoms with Gasteiger partial charge in [-0.05, 0) is 56.7 Å². The van der Waals surface area contributed by atoms with Crippen molar-refractivity contribution in [1.29, 1.82) is 0 Å². The maximum Gasteiger partial charge on any atom is 0.405 e. The van der Waals surface area contributed by atoms with Gasteiger partial charge in [-0.3, -0.25) is 9.59 Å². The molecule has 0 spiro atoms. The van der Waals surface area contributed by atoms with E-state index in [1.54, 1.807) is 61.0 Å². The second-order valence-electron chi connectivity index (χ2n) is 10.1. The Morgan fingerprint density at radius 2 is 1.71 bits per heavy atom. The summed E-state index contributed by atoms with van der Waals surface area (Å²) in [6, 6.07) is 9.41. The number of halogens is 3. The van der Waals surface area contributed by atoms with Gasteiger partial charge in [0.25, 0.3) is 11.8 Å². The molecule has 2 atom stereocenters. The molecule has 2 aromatic heterocycles. The highest BCUT2D eigenvalue weighted by atomic mass is 19.4. The molecule has 10 nitrogen and oxygen atoms in total. The van der Waals surface area contributed by atoms with Gasteiger partial charge in [0.1, 0.15) is 12.6 Å². The number of carbonyl (C=O) groups is 2. The predicted octanol–water partition coefficient (Wildman–Crippen LogP) is 3.26. The Kier molecular flexibility index (Phi) is 8.78. The Morgan fingerprint density at radius 3 is 2.37 bits per heavy atom. The Labute approximate surface area is 234 Å². The SMILES string of the molecule is CCOC1C=C(C(=O)NCC(C)(C)O)C=CC1Nc1nc2ccc(-c3ccc(C(=O)NCC(F)(F)F)cc3)cn2n1. The Bertz CT molecular complexity index is 1460. The number of amides is 2. The Balaban J connectivity index is 1.44. The summed E-state index contributed by atoms with van der Waals surface area (Å²) < 4.78 is 44.5. The summed E-state index contributed by atoms with van der Waals surface area (Å²) in [5.41, 5.74) is 1.55. The predicted molar refractivity (Wildman–Crippen MR) is 146 cm³/mol. The average molecular weight is 573 g/mol. The van der Waals surface area contributed by atoms with E-state index in [0.717, 1.165) is 11.1 Å². The van der Waals surface area contributed by atoms with Crippen LogP contribution in [0.3, 0.4) is 0 Å². The molecule has 0 saturated heterocycles. The standard InChI is InChI=1S/C28H31F3N6O4/c1-4-41-22-13-19(25(39)32-15-27(2,3)40)9-11-21(22)34-26-35-23-12-10-20(14-37(23)36-26)17-5-7-18(8-6-17)24(38)33-16-28(29,30)31/h5-14,21-22,40H,4,15-16H2,1-3H3,(H,32,39)(H,33,38)(H,34,36). The molecular formula is C28H31F3N6O4. The largest absolute Gasteiger partial charge is 0.405 e. The molecule has 0 aliphatic heterocycles. The van der Waals surface area contributed by atoms with E-state index in [2.05, 4.69) is 20.7 Å². The van der Waals surface area contributed by atoms with Gasteiger partial charge < -0.3 is 25.8 Å². The van der Waals surface area contributed by atoms with Gasteiger partial charge in [0.05, 0.1) is 11.6 Å². The van der Waals surface area contributed by atoms with Crippen LogP contribution in [0, 0.1) is 0 Å². The number of aromatic nitrogens is 3. The summed E-state index contributed by atoms with van der Waals surface area (Å²) in [6.07, 6.45) is 1.97. The number of alkyl halides is 3. The smallest absolute Gasteiger partial charge is 0.389 e. The van der Waals surface area contributed by atoms with E-state index >= 15 is 0 Å². The van der Waals surface area contributed by atoms with E-state index in [1.807, 2.05) is 18.3 Å². The third kappa shape index (κ3) is 8.14. The number of hydrogen-bond acceptors (Lipinski definition) is 7. The lowest BCUT2D eigenvalue weighted by molar-refractivity contribution is -0.123. The van der Waals surface area contributed by atoms with Crippen LogP contribution in [-0.2, 0) is 9.53 Å². The molecule has 4 N–H and O–H groups in total. The molecule has 2 amide bonds. The summed E-state index contributed by atoms with van der Waals surface area (Å²) >= 11 is 0. The Hall–Kier alpha value is -4.23. The minimum Gasteiger partial charge on any atom is -0.389 e. The van der Waals surface area contributed by atoms with Crippen molar-refractivity contribution in [3.63, 3.8) is 0 Å². The molecule has 0 fully saturated rings. The molecule has 2 unspecified atom stereocenters. The van der Waals surface area contributed by atoms with Crippen molar-refractivity contribution in [2.75, 3.05) is 25.0 Å². The highest BCUT2D eigenvalue weighted by Gasteiger charge is 2.28. The van der Waals surface area contributed by atoms with Gasteiger partial charge >= 0.3 is 6.18 Å². The molecule has 218 valence electrons. The van der Waals surface area contributed by atoms with Gasteiger partial charge in [0.2, 0.25) is 5.95 Å². The van der Waals surface area contributed by atoms with Gasteiger partial charge in [-0.1, -0.05) is 24.3 Å². The number of rotatable bonds is 10. The molecular weight excluding hydrogens is 541 g/mol. The van der Waals surface area contributed by atoms with Crippen LogP contribution in [-0.4, -0.2) is 75.1 Å². The van der Waals surface area contributed by atoms with Crippen molar-refractivity contribution in [2.24, 2.45) is 0 Å². The van der Waals surface area contributed by atoms with Crippen molar-refractivity contribution in [3.8, 4) is 11.1 Å². The van der Waals surface area contributed by atoms with Gasteiger partial charge in [0.15, 0.2) is 5.65 Å². The molecule has 2 heterocycles. The normalized spacial score (nSPS) is 17.3. The first-order valence-corrected chi connectivity index (χ1v) is 12.9. The van der Waals surface area contributed by atoms with Gasteiger partial charge in [-0.25, -0.2) is 4.52 Å². The number of carbonyl (C=O) groups excluding carboxylic acids is 2. The molecule has 0 saturated carbocycles. The maximum absolute atomic E-state index is 12.5. The zero-order valence-electron chi connectivity index (χ0n) is 22.7. The lowest BCUT2D eigenvalue weighted by atomic mass is 9.99. The van der Waals surface area contributed by atoms with Crippen LogP contribution in [0.1, 0.15) is 31.1 Å². The molecule has 41 heavy (non-hydrogen) atoms. The number of ether oxygens (including phenoxy) is 1. The van der Waals surface area contributed by atoms with Crippen molar-refractivity contribution < 1.29 is 32.6 Å². The van der Waals surface area contributed by atoms with Gasteiger partial charge in [-0.2, -0.15) is 18.2 Å². The van der Waals surface area contributed by atoms with Crippen molar-refractivity contribution in [2.45, 2.75) is 44.7 Å². The van der Waals surface area contributed by atoms with E-state index in [4.69, 9.17) is 4.74 Å². The van der Waals surface area contributed by atoms with Gasteiger partial charge in [-0.15, -0.1) is 5.10 Å². The minimum atomic E-state index is -4.48. The number of nitrogens with one attached hydrogen (secondary N) is 3. The molecule has 1 aliphatic carbocycles. The summed E-state index contributed by atoms with van der Waals surface area (Å²) in [7, 11) is 0. The summed E-state index contributed by atoms with van der Waals surface area (Å²) in [4.78, 5) is 29.0. The quantitative estimate of drug-likeness (QED) is 0.294. The van der Waals surface area contributed by atoms with E-state index in [0.29, 0.717) is 23.8 Å². The highest BCUT2D eigenvalue weighted by molar-refractivity contribution is 5.96. The maximum atomic E-state index is 12.5. The third-order valence-electron chi connectivity index (χ3n) is 6.04. The number of benzene rings is 1. The fraction of sp³-hybridized carbons (Fsp3) is 0.357. The number of nitrogens with zero attached hydrogens (tertiary/aromatic N) is 3. The van der Waals surface area contributed by atoms with E-state index in [-0.39, 0.29) is 24.1 Å². The van der Waals surface area contributed by atoms with E-state index < -0.39 is 30.3 Å². The first-order chi connectivity index (χ1) is 19.3.